The fraction of sp³-hybridized carbons (Fsp3) is 0.833. The van der Waals surface area contributed by atoms with Crippen LogP contribution in [0.25, 0.3) is 0 Å². The number of carbonyl (C=O) groups is 2. The summed E-state index contributed by atoms with van der Waals surface area (Å²) >= 11 is 0. The lowest BCUT2D eigenvalue weighted by atomic mass is 10.2. The van der Waals surface area contributed by atoms with Crippen molar-refractivity contribution >= 4 is 11.9 Å². The van der Waals surface area contributed by atoms with Gasteiger partial charge in [-0.15, -0.1) is 0 Å². The first-order valence-electron chi connectivity index (χ1n) is 6.25. The van der Waals surface area contributed by atoms with Crippen LogP contribution in [0.15, 0.2) is 0 Å². The molecule has 18 heavy (non-hydrogen) atoms. The number of likely N-dealkylation sites (N-methyl/N-ethyl adjacent to an activating group) is 1. The molecule has 0 bridgehead atoms. The van der Waals surface area contributed by atoms with E-state index in [-0.39, 0.29) is 30.8 Å². The van der Waals surface area contributed by atoms with Crippen LogP contribution in [0.2, 0.25) is 0 Å². The maximum absolute atomic E-state index is 11.4. The van der Waals surface area contributed by atoms with E-state index in [0.29, 0.717) is 6.54 Å². The molecule has 1 heterocycles. The third-order valence-electron chi connectivity index (χ3n) is 2.91. The summed E-state index contributed by atoms with van der Waals surface area (Å²) in [6.45, 7) is 3.19. The number of methoxy groups -OCH3 is 1. The van der Waals surface area contributed by atoms with Crippen molar-refractivity contribution in [3.05, 3.63) is 0 Å². The van der Waals surface area contributed by atoms with Gasteiger partial charge in [0.1, 0.15) is 0 Å². The van der Waals surface area contributed by atoms with Crippen LogP contribution < -0.4 is 5.32 Å². The molecule has 0 radical (unpaired) electrons. The summed E-state index contributed by atoms with van der Waals surface area (Å²) in [7, 11) is 3.38. The number of carbonyl (C=O) groups excluding carboxylic acids is 2. The van der Waals surface area contributed by atoms with Gasteiger partial charge in [-0.25, -0.2) is 0 Å². The van der Waals surface area contributed by atoms with E-state index in [1.165, 1.54) is 7.11 Å². The quantitative estimate of drug-likeness (QED) is 0.667. The fourth-order valence-corrected chi connectivity index (χ4v) is 1.82. The van der Waals surface area contributed by atoms with Crippen LogP contribution in [0.5, 0.6) is 0 Å². The lowest BCUT2D eigenvalue weighted by molar-refractivity contribution is -0.142. The monoisotopic (exact) mass is 258 g/mol. The highest BCUT2D eigenvalue weighted by Crippen LogP contribution is 2.05. The Morgan fingerprint density at radius 1 is 1.44 bits per heavy atom. The summed E-state index contributed by atoms with van der Waals surface area (Å²) in [6, 6.07) is 0. The van der Waals surface area contributed by atoms with Crippen molar-refractivity contribution in [3.63, 3.8) is 0 Å². The van der Waals surface area contributed by atoms with Crippen LogP contribution in [-0.2, 0) is 19.1 Å². The van der Waals surface area contributed by atoms with Gasteiger partial charge in [-0.1, -0.05) is 0 Å². The Balaban J connectivity index is 2.06. The predicted molar refractivity (Wildman–Crippen MR) is 66.1 cm³/mol. The topological polar surface area (TPSA) is 67.9 Å². The Hall–Kier alpha value is -1.14. The van der Waals surface area contributed by atoms with Crippen LogP contribution in [0, 0.1) is 0 Å². The minimum absolute atomic E-state index is 0.121. The van der Waals surface area contributed by atoms with Gasteiger partial charge in [0.05, 0.1) is 26.2 Å². The first kappa shape index (κ1) is 14.9. The second-order valence-electron chi connectivity index (χ2n) is 4.47. The Bertz CT molecular complexity index is 283. The van der Waals surface area contributed by atoms with Crippen molar-refractivity contribution in [1.29, 1.82) is 0 Å². The SMILES string of the molecule is COC(=O)CCC(=O)NCCC1CN(C)CCO1. The van der Waals surface area contributed by atoms with Crippen LogP contribution in [0.3, 0.4) is 0 Å². The highest BCUT2D eigenvalue weighted by atomic mass is 16.5. The molecule has 1 rings (SSSR count). The van der Waals surface area contributed by atoms with Gasteiger partial charge >= 0.3 is 5.97 Å². The highest BCUT2D eigenvalue weighted by Gasteiger charge is 2.17. The number of amides is 1. The molecule has 104 valence electrons. The molecule has 1 atom stereocenters. The Labute approximate surface area is 108 Å². The van der Waals surface area contributed by atoms with Gasteiger partial charge in [0.2, 0.25) is 5.91 Å². The third kappa shape index (κ3) is 5.97. The third-order valence-corrected chi connectivity index (χ3v) is 2.91. The van der Waals surface area contributed by atoms with Crippen molar-refractivity contribution in [2.75, 3.05) is 40.4 Å². The summed E-state index contributed by atoms with van der Waals surface area (Å²) in [6.07, 6.45) is 1.29. The van der Waals surface area contributed by atoms with Gasteiger partial charge in [-0.05, 0) is 13.5 Å². The number of rotatable bonds is 6. The van der Waals surface area contributed by atoms with Crippen molar-refractivity contribution in [2.45, 2.75) is 25.4 Å². The summed E-state index contributed by atoms with van der Waals surface area (Å²) < 4.78 is 10.0. The molecule has 1 saturated heterocycles. The highest BCUT2D eigenvalue weighted by molar-refractivity contribution is 5.81. The second kappa shape index (κ2) is 8.05. The molecule has 0 aromatic rings. The van der Waals surface area contributed by atoms with E-state index < -0.39 is 0 Å². The molecule has 0 aromatic carbocycles. The van der Waals surface area contributed by atoms with Crippen molar-refractivity contribution < 1.29 is 19.1 Å². The van der Waals surface area contributed by atoms with Gasteiger partial charge in [-0.2, -0.15) is 0 Å². The largest absolute Gasteiger partial charge is 0.469 e. The van der Waals surface area contributed by atoms with Gasteiger partial charge in [-0.3, -0.25) is 9.59 Å². The molecule has 6 nitrogen and oxygen atoms in total. The number of ether oxygens (including phenoxy) is 2. The van der Waals surface area contributed by atoms with Crippen LogP contribution in [0.1, 0.15) is 19.3 Å². The number of nitrogens with zero attached hydrogens (tertiary/aromatic N) is 1. The van der Waals surface area contributed by atoms with E-state index in [4.69, 9.17) is 4.74 Å². The minimum Gasteiger partial charge on any atom is -0.469 e. The molecule has 1 N–H and O–H groups in total. The standard InChI is InChI=1S/C12H22N2O4/c1-14-7-8-18-10(9-14)5-6-13-11(15)3-4-12(16)17-2/h10H,3-9H2,1-2H3,(H,13,15). The average Bonchev–Trinajstić information content (AvgIpc) is 2.36. The first-order valence-corrected chi connectivity index (χ1v) is 6.25. The molecule has 1 aliphatic rings. The lowest BCUT2D eigenvalue weighted by Crippen LogP contribution is -2.41. The molecule has 1 amide bonds. The van der Waals surface area contributed by atoms with E-state index in [9.17, 15) is 9.59 Å². The van der Waals surface area contributed by atoms with Gasteiger partial charge < -0.3 is 19.7 Å². The Morgan fingerprint density at radius 3 is 2.89 bits per heavy atom. The number of nitrogens with one attached hydrogen (secondary N) is 1. The fourth-order valence-electron chi connectivity index (χ4n) is 1.82. The van der Waals surface area contributed by atoms with Gasteiger partial charge in [0, 0.05) is 26.1 Å². The van der Waals surface area contributed by atoms with Crippen molar-refractivity contribution in [1.82, 2.24) is 10.2 Å². The number of esters is 1. The van der Waals surface area contributed by atoms with Crippen LogP contribution in [0.4, 0.5) is 0 Å². The zero-order valence-electron chi connectivity index (χ0n) is 11.1. The molecule has 0 aromatic heterocycles. The van der Waals surface area contributed by atoms with Crippen LogP contribution >= 0.6 is 0 Å². The molecular weight excluding hydrogens is 236 g/mol. The second-order valence-corrected chi connectivity index (χ2v) is 4.47. The zero-order valence-corrected chi connectivity index (χ0v) is 11.1. The van der Waals surface area contributed by atoms with Gasteiger partial charge in [0.25, 0.3) is 0 Å². The van der Waals surface area contributed by atoms with E-state index >= 15 is 0 Å². The molecule has 0 spiro atoms. The number of hydrogen-bond acceptors (Lipinski definition) is 5. The molecule has 0 saturated carbocycles. The first-order chi connectivity index (χ1) is 8.61. The van der Waals surface area contributed by atoms with E-state index in [1.54, 1.807) is 0 Å². The minimum atomic E-state index is -0.359. The van der Waals surface area contributed by atoms with E-state index in [1.807, 2.05) is 0 Å². The summed E-state index contributed by atoms with van der Waals surface area (Å²) in [5, 5.41) is 2.78. The molecular formula is C12H22N2O4. The number of morpholine rings is 1. The van der Waals surface area contributed by atoms with Crippen molar-refractivity contribution in [2.24, 2.45) is 0 Å². The maximum Gasteiger partial charge on any atom is 0.306 e. The Morgan fingerprint density at radius 2 is 2.22 bits per heavy atom. The average molecular weight is 258 g/mol. The Kier molecular flexibility index (Phi) is 6.67. The zero-order chi connectivity index (χ0) is 13.4. The van der Waals surface area contributed by atoms with Gasteiger partial charge in [0.15, 0.2) is 0 Å². The predicted octanol–water partition coefficient (Wildman–Crippen LogP) is -0.223. The van der Waals surface area contributed by atoms with Crippen molar-refractivity contribution in [3.8, 4) is 0 Å². The number of hydrogen-bond donors (Lipinski definition) is 1. The summed E-state index contributed by atoms with van der Waals surface area (Å²) in [5.41, 5.74) is 0. The molecule has 0 aliphatic carbocycles. The van der Waals surface area contributed by atoms with E-state index in [2.05, 4.69) is 22.0 Å². The molecule has 6 heteroatoms. The molecule has 1 fully saturated rings. The lowest BCUT2D eigenvalue weighted by Gasteiger charge is -2.30. The van der Waals surface area contributed by atoms with Crippen LogP contribution in [-0.4, -0.2) is 63.3 Å². The summed E-state index contributed by atoms with van der Waals surface area (Å²) in [4.78, 5) is 24.5. The smallest absolute Gasteiger partial charge is 0.306 e. The van der Waals surface area contributed by atoms with E-state index in [0.717, 1.165) is 26.1 Å². The molecule has 1 unspecified atom stereocenters. The normalized spacial score (nSPS) is 20.4. The molecule has 1 aliphatic heterocycles. The summed E-state index contributed by atoms with van der Waals surface area (Å²) in [5.74, 6) is -0.480. The maximum atomic E-state index is 11.4.